The van der Waals surface area contributed by atoms with E-state index < -0.39 is 22.7 Å². The minimum atomic E-state index is -1.64. The highest BCUT2D eigenvalue weighted by Crippen LogP contribution is 2.58. The van der Waals surface area contributed by atoms with Gasteiger partial charge in [0.05, 0.1) is 18.6 Å². The molecule has 0 spiro atoms. The fraction of sp³-hybridized carbons (Fsp3) is 0.300. The predicted molar refractivity (Wildman–Crippen MR) is 102 cm³/mol. The summed E-state index contributed by atoms with van der Waals surface area (Å²) in [6.45, 7) is 1.93. The Labute approximate surface area is 161 Å². The van der Waals surface area contributed by atoms with Gasteiger partial charge in [-0.1, -0.05) is 54.1 Å². The van der Waals surface area contributed by atoms with E-state index in [1.165, 1.54) is 11.8 Å². The molecule has 1 aliphatic rings. The number of thioether (sulfide) groups is 1. The third-order valence-electron chi connectivity index (χ3n) is 4.53. The van der Waals surface area contributed by atoms with Crippen LogP contribution in [-0.4, -0.2) is 22.9 Å². The Balaban J connectivity index is 2.10. The zero-order valence-corrected chi connectivity index (χ0v) is 15.7. The first-order valence-corrected chi connectivity index (χ1v) is 9.59. The molecule has 1 heterocycles. The van der Waals surface area contributed by atoms with E-state index in [9.17, 15) is 15.2 Å². The summed E-state index contributed by atoms with van der Waals surface area (Å²) in [5.74, 6) is -1.33. The van der Waals surface area contributed by atoms with Crippen molar-refractivity contribution in [2.75, 3.05) is 6.61 Å². The number of carbonyl (C=O) groups is 1. The fourth-order valence-electron chi connectivity index (χ4n) is 3.30. The minimum Gasteiger partial charge on any atom is -0.465 e. The maximum Gasteiger partial charge on any atom is 0.322 e. The van der Waals surface area contributed by atoms with Crippen LogP contribution in [-0.2, 0) is 15.1 Å². The highest BCUT2D eigenvalue weighted by atomic mass is 35.5. The highest BCUT2D eigenvalue weighted by molar-refractivity contribution is 8.01. The Hall–Kier alpha value is -2.00. The lowest BCUT2D eigenvalue weighted by atomic mass is 9.76. The smallest absolute Gasteiger partial charge is 0.322 e. The molecule has 6 heteroatoms. The first-order chi connectivity index (χ1) is 12.5. The summed E-state index contributed by atoms with van der Waals surface area (Å²) in [5.41, 5.74) is -0.266. The molecule has 1 saturated heterocycles. The van der Waals surface area contributed by atoms with Gasteiger partial charge in [0, 0.05) is 10.3 Å². The summed E-state index contributed by atoms with van der Waals surface area (Å²) in [4.78, 5) is 12.6. The van der Waals surface area contributed by atoms with E-state index in [2.05, 4.69) is 6.07 Å². The number of nitrogens with zero attached hydrogens (tertiary/aromatic N) is 1. The third kappa shape index (κ3) is 3.21. The van der Waals surface area contributed by atoms with Crippen LogP contribution in [0, 0.1) is 17.2 Å². The van der Waals surface area contributed by atoms with E-state index in [4.69, 9.17) is 16.3 Å². The van der Waals surface area contributed by atoms with E-state index >= 15 is 0 Å². The van der Waals surface area contributed by atoms with Gasteiger partial charge in [0.15, 0.2) is 0 Å². The molecule has 1 fully saturated rings. The summed E-state index contributed by atoms with van der Waals surface area (Å²) >= 11 is 7.23. The number of carbonyl (C=O) groups excluding carboxylic acids is 1. The number of rotatable bonds is 4. The standard InChI is InChI=1S/C20H18ClNO3S/c1-2-25-19(23)18-20(24,14-6-4-3-5-7-14)16(12-22)17(26-18)13-8-10-15(21)11-9-13/h3-11,16-18,24H,2H2,1H3/t16-,17+,18-,20+/m0/s1. The van der Waals surface area contributed by atoms with Crippen LogP contribution < -0.4 is 0 Å². The van der Waals surface area contributed by atoms with Crippen LogP contribution in [0.1, 0.15) is 23.3 Å². The Morgan fingerprint density at radius 3 is 2.50 bits per heavy atom. The Morgan fingerprint density at radius 2 is 1.92 bits per heavy atom. The molecular formula is C20H18ClNO3S. The largest absolute Gasteiger partial charge is 0.465 e. The molecule has 134 valence electrons. The van der Waals surface area contributed by atoms with Gasteiger partial charge < -0.3 is 9.84 Å². The molecule has 3 rings (SSSR count). The second-order valence-electron chi connectivity index (χ2n) is 6.04. The molecule has 0 bridgehead atoms. The molecule has 0 unspecified atom stereocenters. The van der Waals surface area contributed by atoms with Crippen molar-refractivity contribution in [3.8, 4) is 6.07 Å². The second kappa shape index (κ2) is 7.71. The summed E-state index contributed by atoms with van der Waals surface area (Å²) in [6.07, 6.45) is 0. The molecule has 2 aromatic rings. The van der Waals surface area contributed by atoms with Crippen molar-refractivity contribution in [3.05, 3.63) is 70.7 Å². The molecule has 4 atom stereocenters. The SMILES string of the molecule is CCOC(=O)[C@@H]1S[C@H](c2ccc(Cl)cc2)[C@H](C#N)[C@]1(O)c1ccccc1. The molecule has 0 radical (unpaired) electrons. The van der Waals surface area contributed by atoms with Crippen LogP contribution in [0.2, 0.25) is 5.02 Å². The van der Waals surface area contributed by atoms with Gasteiger partial charge in [-0.3, -0.25) is 4.79 Å². The summed E-state index contributed by atoms with van der Waals surface area (Å²) in [7, 11) is 0. The maximum absolute atomic E-state index is 12.6. The van der Waals surface area contributed by atoms with Crippen LogP contribution in [0.4, 0.5) is 0 Å². The van der Waals surface area contributed by atoms with Crippen molar-refractivity contribution < 1.29 is 14.6 Å². The highest BCUT2D eigenvalue weighted by Gasteiger charge is 2.60. The monoisotopic (exact) mass is 387 g/mol. The van der Waals surface area contributed by atoms with Crippen molar-refractivity contribution in [1.82, 2.24) is 0 Å². The van der Waals surface area contributed by atoms with Crippen molar-refractivity contribution in [2.24, 2.45) is 5.92 Å². The molecule has 4 nitrogen and oxygen atoms in total. The number of benzene rings is 2. The molecule has 1 aliphatic heterocycles. The molecular weight excluding hydrogens is 370 g/mol. The maximum atomic E-state index is 12.6. The van der Waals surface area contributed by atoms with Crippen molar-refractivity contribution in [1.29, 1.82) is 5.26 Å². The van der Waals surface area contributed by atoms with Gasteiger partial charge in [0.25, 0.3) is 0 Å². The first-order valence-electron chi connectivity index (χ1n) is 8.27. The van der Waals surface area contributed by atoms with Gasteiger partial charge in [-0.15, -0.1) is 11.8 Å². The molecule has 2 aromatic carbocycles. The summed E-state index contributed by atoms with van der Waals surface area (Å²) in [6, 6.07) is 18.2. The lowest BCUT2D eigenvalue weighted by molar-refractivity contribution is -0.148. The summed E-state index contributed by atoms with van der Waals surface area (Å²) in [5, 5.41) is 20.8. The van der Waals surface area contributed by atoms with Crippen LogP contribution >= 0.6 is 23.4 Å². The van der Waals surface area contributed by atoms with E-state index in [0.29, 0.717) is 10.6 Å². The zero-order valence-electron chi connectivity index (χ0n) is 14.1. The number of halogens is 1. The normalized spacial score (nSPS) is 27.7. The second-order valence-corrected chi connectivity index (χ2v) is 7.73. The van der Waals surface area contributed by atoms with Crippen molar-refractivity contribution >= 4 is 29.3 Å². The van der Waals surface area contributed by atoms with Gasteiger partial charge >= 0.3 is 5.97 Å². The Bertz CT molecular complexity index is 821. The van der Waals surface area contributed by atoms with Crippen LogP contribution in [0.15, 0.2) is 54.6 Å². The van der Waals surface area contributed by atoms with Crippen LogP contribution in [0.3, 0.4) is 0 Å². The number of ether oxygens (including phenoxy) is 1. The molecule has 1 N–H and O–H groups in total. The number of esters is 1. The third-order valence-corrected chi connectivity index (χ3v) is 6.45. The Morgan fingerprint density at radius 1 is 1.27 bits per heavy atom. The lowest BCUT2D eigenvalue weighted by Gasteiger charge is -2.31. The Kier molecular flexibility index (Phi) is 5.57. The van der Waals surface area contributed by atoms with E-state index in [1.807, 2.05) is 18.2 Å². The first kappa shape index (κ1) is 18.8. The average molecular weight is 388 g/mol. The van der Waals surface area contributed by atoms with Crippen molar-refractivity contribution in [3.63, 3.8) is 0 Å². The van der Waals surface area contributed by atoms with Gasteiger partial charge in [-0.25, -0.2) is 0 Å². The van der Waals surface area contributed by atoms with E-state index in [0.717, 1.165) is 5.56 Å². The van der Waals surface area contributed by atoms with Crippen molar-refractivity contribution in [2.45, 2.75) is 23.0 Å². The lowest BCUT2D eigenvalue weighted by Crippen LogP contribution is -2.44. The molecule has 0 aliphatic carbocycles. The minimum absolute atomic E-state index is 0.212. The van der Waals surface area contributed by atoms with Gasteiger partial charge in [0.1, 0.15) is 10.9 Å². The van der Waals surface area contributed by atoms with Crippen LogP contribution in [0.25, 0.3) is 0 Å². The molecule has 26 heavy (non-hydrogen) atoms. The summed E-state index contributed by atoms with van der Waals surface area (Å²) < 4.78 is 5.19. The molecule has 0 amide bonds. The fourth-order valence-corrected chi connectivity index (χ4v) is 5.13. The quantitative estimate of drug-likeness (QED) is 0.800. The van der Waals surface area contributed by atoms with Gasteiger partial charge in [-0.05, 0) is 30.2 Å². The average Bonchev–Trinajstić information content (AvgIpc) is 2.97. The zero-order chi connectivity index (χ0) is 18.7. The topological polar surface area (TPSA) is 70.3 Å². The van der Waals surface area contributed by atoms with E-state index in [1.54, 1.807) is 43.3 Å². The van der Waals surface area contributed by atoms with Crippen LogP contribution in [0.5, 0.6) is 0 Å². The molecule has 0 saturated carbocycles. The number of hydrogen-bond acceptors (Lipinski definition) is 5. The number of aliphatic hydroxyl groups is 1. The number of hydrogen-bond donors (Lipinski definition) is 1. The number of nitriles is 1. The van der Waals surface area contributed by atoms with E-state index in [-0.39, 0.29) is 11.9 Å². The molecule has 0 aromatic heterocycles. The van der Waals surface area contributed by atoms with Gasteiger partial charge in [0.2, 0.25) is 0 Å². The predicted octanol–water partition coefficient (Wildman–Crippen LogP) is 4.09. The van der Waals surface area contributed by atoms with Gasteiger partial charge in [-0.2, -0.15) is 5.26 Å².